The Balaban J connectivity index is 1.67. The highest BCUT2D eigenvalue weighted by molar-refractivity contribution is 5.36. The fraction of sp³-hybridized carbons (Fsp3) is 0.571. The minimum absolute atomic E-state index is 0.118. The molecule has 2 saturated carbocycles. The van der Waals surface area contributed by atoms with Crippen LogP contribution in [-0.2, 0) is 0 Å². The second-order valence-corrected chi connectivity index (χ2v) is 5.42. The summed E-state index contributed by atoms with van der Waals surface area (Å²) < 4.78 is 6.00. The molecule has 2 fully saturated rings. The van der Waals surface area contributed by atoms with Gasteiger partial charge in [-0.05, 0) is 49.7 Å². The number of hydrogen-bond donors (Lipinski definition) is 0. The summed E-state index contributed by atoms with van der Waals surface area (Å²) in [5, 5.41) is 10.6. The third-order valence-corrected chi connectivity index (χ3v) is 4.30. The molecule has 0 heterocycles. The number of rotatable bonds is 3. The Kier molecular flexibility index (Phi) is 2.94. The van der Waals surface area contributed by atoms with E-state index in [1.54, 1.807) is 12.1 Å². The van der Waals surface area contributed by atoms with E-state index < -0.39 is 0 Å². The number of nitrogens with zero attached hydrogens (tertiary/aromatic N) is 1. The molecule has 0 amide bonds. The summed E-state index contributed by atoms with van der Waals surface area (Å²) in [4.78, 5) is 10.2. The van der Waals surface area contributed by atoms with Gasteiger partial charge in [-0.15, -0.1) is 0 Å². The molecule has 1 aromatic carbocycles. The standard InChI is InChI=1S/C14H17NO3/c16-15(17)12-4-6-13(7-5-12)18-14-8-2-10-1-3-11(14)9-10/h4-7,10-11,14H,1-3,8-9H2/t10-,11+,14-/m0/s1. The van der Waals surface area contributed by atoms with Crippen molar-refractivity contribution in [2.24, 2.45) is 11.8 Å². The predicted molar refractivity (Wildman–Crippen MR) is 67.6 cm³/mol. The van der Waals surface area contributed by atoms with E-state index in [1.165, 1.54) is 37.8 Å². The van der Waals surface area contributed by atoms with Crippen molar-refractivity contribution in [3.8, 4) is 5.75 Å². The lowest BCUT2D eigenvalue weighted by Gasteiger charge is -2.29. The fourth-order valence-electron chi connectivity index (χ4n) is 3.33. The zero-order valence-electron chi connectivity index (χ0n) is 10.2. The zero-order valence-corrected chi connectivity index (χ0v) is 10.2. The van der Waals surface area contributed by atoms with E-state index in [9.17, 15) is 10.1 Å². The van der Waals surface area contributed by atoms with E-state index in [-0.39, 0.29) is 10.6 Å². The van der Waals surface area contributed by atoms with Crippen molar-refractivity contribution in [1.29, 1.82) is 0 Å². The third-order valence-electron chi connectivity index (χ3n) is 4.30. The molecule has 3 rings (SSSR count). The van der Waals surface area contributed by atoms with E-state index in [4.69, 9.17) is 4.74 Å². The van der Waals surface area contributed by atoms with Gasteiger partial charge >= 0.3 is 0 Å². The average Bonchev–Trinajstić information content (AvgIpc) is 2.76. The van der Waals surface area contributed by atoms with Gasteiger partial charge in [-0.1, -0.05) is 6.42 Å². The monoisotopic (exact) mass is 247 g/mol. The Bertz CT molecular complexity index is 443. The molecule has 0 aromatic heterocycles. The van der Waals surface area contributed by atoms with Crippen LogP contribution in [0.1, 0.15) is 32.1 Å². The Labute approximate surface area is 106 Å². The van der Waals surface area contributed by atoms with Crippen molar-refractivity contribution in [3.05, 3.63) is 34.4 Å². The maximum atomic E-state index is 10.6. The lowest BCUT2D eigenvalue weighted by molar-refractivity contribution is -0.384. The van der Waals surface area contributed by atoms with Gasteiger partial charge in [0.05, 0.1) is 4.92 Å². The van der Waals surface area contributed by atoms with Gasteiger partial charge in [0, 0.05) is 12.1 Å². The number of nitro benzene ring substituents is 1. The Morgan fingerprint density at radius 3 is 2.56 bits per heavy atom. The first-order valence-electron chi connectivity index (χ1n) is 6.63. The van der Waals surface area contributed by atoms with E-state index in [0.717, 1.165) is 18.1 Å². The van der Waals surface area contributed by atoms with Crippen LogP contribution in [0.2, 0.25) is 0 Å². The summed E-state index contributed by atoms with van der Waals surface area (Å²) in [6.07, 6.45) is 6.65. The topological polar surface area (TPSA) is 52.4 Å². The van der Waals surface area contributed by atoms with Crippen LogP contribution >= 0.6 is 0 Å². The van der Waals surface area contributed by atoms with Crippen LogP contribution in [0.15, 0.2) is 24.3 Å². The lowest BCUT2D eigenvalue weighted by Crippen LogP contribution is -2.28. The molecule has 0 unspecified atom stereocenters. The van der Waals surface area contributed by atoms with Gasteiger partial charge in [-0.25, -0.2) is 0 Å². The minimum atomic E-state index is -0.383. The molecule has 2 bridgehead atoms. The van der Waals surface area contributed by atoms with Crippen molar-refractivity contribution in [2.75, 3.05) is 0 Å². The highest BCUT2D eigenvalue weighted by atomic mass is 16.6. The molecule has 0 N–H and O–H groups in total. The number of benzene rings is 1. The van der Waals surface area contributed by atoms with E-state index in [2.05, 4.69) is 0 Å². The number of non-ortho nitro benzene ring substituents is 1. The Morgan fingerprint density at radius 2 is 1.83 bits per heavy atom. The first-order chi connectivity index (χ1) is 8.72. The number of ether oxygens (including phenoxy) is 1. The Hall–Kier alpha value is -1.58. The van der Waals surface area contributed by atoms with Gasteiger partial charge in [-0.3, -0.25) is 10.1 Å². The normalized spacial score (nSPS) is 30.1. The largest absolute Gasteiger partial charge is 0.490 e. The second kappa shape index (κ2) is 4.59. The minimum Gasteiger partial charge on any atom is -0.490 e. The maximum absolute atomic E-state index is 10.6. The van der Waals surface area contributed by atoms with Gasteiger partial charge in [0.15, 0.2) is 0 Å². The molecule has 3 atom stereocenters. The number of fused-ring (bicyclic) bond motifs is 2. The van der Waals surface area contributed by atoms with Gasteiger partial charge in [0.25, 0.3) is 5.69 Å². The van der Waals surface area contributed by atoms with Gasteiger partial charge in [0.1, 0.15) is 11.9 Å². The number of hydrogen-bond acceptors (Lipinski definition) is 3. The summed E-state index contributed by atoms with van der Waals surface area (Å²) in [6.45, 7) is 0. The van der Waals surface area contributed by atoms with Crippen molar-refractivity contribution in [2.45, 2.75) is 38.2 Å². The zero-order chi connectivity index (χ0) is 12.5. The maximum Gasteiger partial charge on any atom is 0.269 e. The summed E-state index contributed by atoms with van der Waals surface area (Å²) in [5.74, 6) is 2.38. The average molecular weight is 247 g/mol. The van der Waals surface area contributed by atoms with Crippen LogP contribution in [0.3, 0.4) is 0 Å². The summed E-state index contributed by atoms with van der Waals surface area (Å²) >= 11 is 0. The molecule has 0 radical (unpaired) electrons. The quantitative estimate of drug-likeness (QED) is 0.606. The number of nitro groups is 1. The summed E-state index contributed by atoms with van der Waals surface area (Å²) in [6, 6.07) is 6.43. The molecule has 2 aliphatic rings. The van der Waals surface area contributed by atoms with Crippen molar-refractivity contribution < 1.29 is 9.66 Å². The van der Waals surface area contributed by atoms with Crippen LogP contribution in [0.25, 0.3) is 0 Å². The molecule has 2 aliphatic carbocycles. The smallest absolute Gasteiger partial charge is 0.269 e. The van der Waals surface area contributed by atoms with Crippen molar-refractivity contribution in [1.82, 2.24) is 0 Å². The third kappa shape index (κ3) is 2.19. The highest BCUT2D eigenvalue weighted by Gasteiger charge is 2.36. The lowest BCUT2D eigenvalue weighted by atomic mass is 9.87. The van der Waals surface area contributed by atoms with Crippen LogP contribution in [0, 0.1) is 22.0 Å². The van der Waals surface area contributed by atoms with E-state index in [1.807, 2.05) is 0 Å². The van der Waals surface area contributed by atoms with Crippen molar-refractivity contribution in [3.63, 3.8) is 0 Å². The SMILES string of the molecule is O=[N+]([O-])c1ccc(O[C@H]2CC[C@@H]3CC[C@@H]2C3)cc1. The molecular weight excluding hydrogens is 230 g/mol. The fourth-order valence-corrected chi connectivity index (χ4v) is 3.33. The van der Waals surface area contributed by atoms with Crippen molar-refractivity contribution >= 4 is 5.69 Å². The summed E-state index contributed by atoms with van der Waals surface area (Å²) in [7, 11) is 0. The van der Waals surface area contributed by atoms with Gasteiger partial charge in [0.2, 0.25) is 0 Å². The molecule has 4 heteroatoms. The molecule has 96 valence electrons. The van der Waals surface area contributed by atoms with E-state index >= 15 is 0 Å². The molecular formula is C14H17NO3. The van der Waals surface area contributed by atoms with E-state index in [0.29, 0.717) is 12.0 Å². The molecule has 1 aromatic rings. The van der Waals surface area contributed by atoms with Crippen LogP contribution in [0.4, 0.5) is 5.69 Å². The first-order valence-corrected chi connectivity index (χ1v) is 6.63. The first kappa shape index (κ1) is 11.5. The highest BCUT2D eigenvalue weighted by Crippen LogP contribution is 2.43. The molecule has 0 saturated heterocycles. The van der Waals surface area contributed by atoms with Crippen LogP contribution < -0.4 is 4.74 Å². The van der Waals surface area contributed by atoms with Crippen LogP contribution in [0.5, 0.6) is 5.75 Å². The van der Waals surface area contributed by atoms with Crippen LogP contribution in [-0.4, -0.2) is 11.0 Å². The second-order valence-electron chi connectivity index (χ2n) is 5.42. The molecule has 0 aliphatic heterocycles. The summed E-state index contributed by atoms with van der Waals surface area (Å²) in [5.41, 5.74) is 0.118. The van der Waals surface area contributed by atoms with Gasteiger partial charge < -0.3 is 4.74 Å². The molecule has 18 heavy (non-hydrogen) atoms. The Morgan fingerprint density at radius 1 is 1.11 bits per heavy atom. The predicted octanol–water partition coefficient (Wildman–Crippen LogP) is 3.55. The molecule has 0 spiro atoms. The molecule has 4 nitrogen and oxygen atoms in total. The van der Waals surface area contributed by atoms with Gasteiger partial charge in [-0.2, -0.15) is 0 Å².